The second kappa shape index (κ2) is 8.60. The quantitative estimate of drug-likeness (QED) is 0.694. The lowest BCUT2D eigenvalue weighted by Gasteiger charge is -2.33. The average molecular weight is 388 g/mol. The summed E-state index contributed by atoms with van der Waals surface area (Å²) < 4.78 is 0. The Hall–Kier alpha value is -2.95. The number of nitrogens with two attached hydrogens (primary N) is 1. The lowest BCUT2D eigenvalue weighted by molar-refractivity contribution is 0.389. The molecule has 29 heavy (non-hydrogen) atoms. The van der Waals surface area contributed by atoms with Crippen LogP contribution in [0.25, 0.3) is 11.3 Å². The van der Waals surface area contributed by atoms with Crippen molar-refractivity contribution in [3.8, 4) is 11.3 Å². The Morgan fingerprint density at radius 2 is 2.00 bits per heavy atom. The number of nitrogens with zero attached hydrogens (tertiary/aromatic N) is 4. The van der Waals surface area contributed by atoms with Crippen LogP contribution in [0.15, 0.2) is 48.7 Å². The normalized spacial score (nSPS) is 16.8. The van der Waals surface area contributed by atoms with Crippen molar-refractivity contribution >= 4 is 11.8 Å². The molecule has 1 aliphatic heterocycles. The molecule has 1 aromatic carbocycles. The van der Waals surface area contributed by atoms with Gasteiger partial charge in [0.25, 0.3) is 0 Å². The van der Waals surface area contributed by atoms with E-state index in [0.29, 0.717) is 11.9 Å². The van der Waals surface area contributed by atoms with Crippen molar-refractivity contribution in [1.82, 2.24) is 15.0 Å². The van der Waals surface area contributed by atoms with Crippen molar-refractivity contribution < 1.29 is 0 Å². The third-order valence-corrected chi connectivity index (χ3v) is 5.98. The van der Waals surface area contributed by atoms with Crippen LogP contribution in [-0.2, 0) is 6.42 Å². The van der Waals surface area contributed by atoms with Crippen LogP contribution in [0.5, 0.6) is 0 Å². The van der Waals surface area contributed by atoms with Gasteiger partial charge in [0.2, 0.25) is 5.95 Å². The molecule has 1 fully saturated rings. The first kappa shape index (κ1) is 19.4. The van der Waals surface area contributed by atoms with Gasteiger partial charge < -0.3 is 10.6 Å². The summed E-state index contributed by atoms with van der Waals surface area (Å²) in [5, 5.41) is 0. The minimum atomic E-state index is 0.358. The van der Waals surface area contributed by atoms with E-state index in [0.717, 1.165) is 48.7 Å². The molecule has 3 aromatic rings. The highest BCUT2D eigenvalue weighted by Crippen LogP contribution is 2.27. The number of hydrogen-bond acceptors (Lipinski definition) is 5. The van der Waals surface area contributed by atoms with Crippen LogP contribution in [0.1, 0.15) is 36.1 Å². The molecular weight excluding hydrogens is 358 g/mol. The largest absolute Gasteiger partial charge is 0.368 e. The Balaban J connectivity index is 1.46. The highest BCUT2D eigenvalue weighted by atomic mass is 15.2. The molecule has 4 rings (SSSR count). The molecule has 1 saturated heterocycles. The van der Waals surface area contributed by atoms with Crippen LogP contribution in [-0.4, -0.2) is 28.0 Å². The van der Waals surface area contributed by atoms with E-state index in [9.17, 15) is 0 Å². The average Bonchev–Trinajstić information content (AvgIpc) is 2.75. The minimum Gasteiger partial charge on any atom is -0.368 e. The van der Waals surface area contributed by atoms with Crippen molar-refractivity contribution in [2.45, 2.75) is 39.5 Å². The van der Waals surface area contributed by atoms with E-state index in [4.69, 9.17) is 5.73 Å². The maximum absolute atomic E-state index is 6.05. The summed E-state index contributed by atoms with van der Waals surface area (Å²) in [5.74, 6) is 2.09. The van der Waals surface area contributed by atoms with E-state index in [-0.39, 0.29) is 0 Å². The van der Waals surface area contributed by atoms with Crippen molar-refractivity contribution in [2.75, 3.05) is 23.7 Å². The number of anilines is 2. The van der Waals surface area contributed by atoms with Crippen LogP contribution >= 0.6 is 0 Å². The van der Waals surface area contributed by atoms with Gasteiger partial charge in [-0.25, -0.2) is 15.0 Å². The zero-order chi connectivity index (χ0) is 20.2. The van der Waals surface area contributed by atoms with Gasteiger partial charge in [-0.05, 0) is 74.8 Å². The van der Waals surface area contributed by atoms with E-state index < -0.39 is 0 Å². The van der Waals surface area contributed by atoms with E-state index >= 15 is 0 Å². The molecule has 0 spiro atoms. The Bertz CT molecular complexity index is 970. The molecule has 3 heterocycles. The number of pyridine rings is 1. The van der Waals surface area contributed by atoms with E-state index in [1.165, 1.54) is 24.0 Å². The van der Waals surface area contributed by atoms with Gasteiger partial charge in [0.05, 0.1) is 5.69 Å². The Morgan fingerprint density at radius 3 is 2.83 bits per heavy atom. The second-order valence-corrected chi connectivity index (χ2v) is 8.03. The van der Waals surface area contributed by atoms with Gasteiger partial charge in [-0.1, -0.05) is 24.3 Å². The zero-order valence-corrected chi connectivity index (χ0v) is 17.3. The number of nitrogen functional groups attached to an aromatic ring is 1. The third kappa shape index (κ3) is 4.56. The van der Waals surface area contributed by atoms with E-state index in [1.54, 1.807) is 0 Å². The Morgan fingerprint density at radius 1 is 1.10 bits per heavy atom. The molecule has 0 bridgehead atoms. The topological polar surface area (TPSA) is 67.9 Å². The van der Waals surface area contributed by atoms with Crippen molar-refractivity contribution in [3.05, 3.63) is 65.5 Å². The Kier molecular flexibility index (Phi) is 5.74. The summed E-state index contributed by atoms with van der Waals surface area (Å²) in [4.78, 5) is 15.9. The number of benzene rings is 1. The first-order chi connectivity index (χ1) is 14.1. The Labute approximate surface area is 173 Å². The van der Waals surface area contributed by atoms with E-state index in [2.05, 4.69) is 70.1 Å². The van der Waals surface area contributed by atoms with Crippen LogP contribution in [0.4, 0.5) is 11.8 Å². The third-order valence-electron chi connectivity index (χ3n) is 5.98. The predicted molar refractivity (Wildman–Crippen MR) is 119 cm³/mol. The summed E-state index contributed by atoms with van der Waals surface area (Å²) in [5.41, 5.74) is 11.7. The van der Waals surface area contributed by atoms with Crippen molar-refractivity contribution in [2.24, 2.45) is 5.92 Å². The lowest BCUT2D eigenvalue weighted by Crippen LogP contribution is -2.36. The molecule has 5 heteroatoms. The monoisotopic (exact) mass is 387 g/mol. The van der Waals surface area contributed by atoms with Gasteiger partial charge in [0.15, 0.2) is 0 Å². The second-order valence-electron chi connectivity index (χ2n) is 8.03. The summed E-state index contributed by atoms with van der Waals surface area (Å²) in [6, 6.07) is 14.5. The number of rotatable bonds is 5. The molecule has 2 aromatic heterocycles. The zero-order valence-electron chi connectivity index (χ0n) is 17.3. The summed E-state index contributed by atoms with van der Waals surface area (Å²) in [6.07, 6.45) is 6.36. The molecule has 0 radical (unpaired) electrons. The van der Waals surface area contributed by atoms with Crippen LogP contribution in [0.3, 0.4) is 0 Å². The molecule has 5 nitrogen and oxygen atoms in total. The maximum atomic E-state index is 6.05. The van der Waals surface area contributed by atoms with Gasteiger partial charge in [-0.3, -0.25) is 0 Å². The van der Waals surface area contributed by atoms with E-state index in [1.807, 2.05) is 12.3 Å². The molecule has 0 amide bonds. The van der Waals surface area contributed by atoms with Crippen molar-refractivity contribution in [1.29, 1.82) is 0 Å². The number of aryl methyl sites for hydroxylation is 2. The fourth-order valence-corrected chi connectivity index (χ4v) is 4.21. The van der Waals surface area contributed by atoms with Gasteiger partial charge in [-0.15, -0.1) is 0 Å². The molecule has 1 unspecified atom stereocenters. The lowest BCUT2D eigenvalue weighted by atomic mass is 9.92. The number of piperidine rings is 1. The first-order valence-corrected chi connectivity index (χ1v) is 10.5. The molecule has 150 valence electrons. The summed E-state index contributed by atoms with van der Waals surface area (Å²) in [6.45, 7) is 6.41. The number of aromatic nitrogens is 3. The first-order valence-electron chi connectivity index (χ1n) is 10.5. The van der Waals surface area contributed by atoms with Gasteiger partial charge in [0.1, 0.15) is 5.82 Å². The predicted octanol–water partition coefficient (Wildman–Crippen LogP) is 4.59. The van der Waals surface area contributed by atoms with Gasteiger partial charge in [-0.2, -0.15) is 0 Å². The van der Waals surface area contributed by atoms with Crippen molar-refractivity contribution in [3.63, 3.8) is 0 Å². The molecular formula is C24H29N5. The molecule has 1 aliphatic rings. The smallest absolute Gasteiger partial charge is 0.220 e. The molecule has 1 atom stereocenters. The fraction of sp³-hybridized carbons (Fsp3) is 0.375. The minimum absolute atomic E-state index is 0.358. The fourth-order valence-electron chi connectivity index (χ4n) is 4.21. The van der Waals surface area contributed by atoms with Crippen LogP contribution in [0, 0.1) is 19.8 Å². The molecule has 0 aliphatic carbocycles. The number of hydrogen-bond donors (Lipinski definition) is 1. The highest BCUT2D eigenvalue weighted by Gasteiger charge is 2.21. The molecule has 2 N–H and O–H groups in total. The molecule has 0 saturated carbocycles. The SMILES string of the molecule is Cc1cccc(-c2cc(CCC3CCCN(c4ccccn4)C3)nc(N)n2)c1C. The van der Waals surface area contributed by atoms with Crippen LogP contribution < -0.4 is 10.6 Å². The standard InChI is InChI=1S/C24H29N5/c1-17-7-5-9-21(18(17)2)22-15-20(27-24(25)28-22)12-11-19-8-6-14-29(16-19)23-10-3-4-13-26-23/h3-5,7,9-10,13,15,19H,6,8,11-12,14,16H2,1-2H3,(H2,25,27,28). The summed E-state index contributed by atoms with van der Waals surface area (Å²) >= 11 is 0. The highest BCUT2D eigenvalue weighted by molar-refractivity contribution is 5.66. The maximum Gasteiger partial charge on any atom is 0.220 e. The van der Waals surface area contributed by atoms with Gasteiger partial charge in [0, 0.05) is 30.5 Å². The van der Waals surface area contributed by atoms with Crippen LogP contribution in [0.2, 0.25) is 0 Å². The summed E-state index contributed by atoms with van der Waals surface area (Å²) in [7, 11) is 0. The van der Waals surface area contributed by atoms with Gasteiger partial charge >= 0.3 is 0 Å².